The van der Waals surface area contributed by atoms with Crippen LogP contribution in [-0.4, -0.2) is 11.4 Å². The highest BCUT2D eigenvalue weighted by atomic mass is 19.1. The molecule has 0 bridgehead atoms. The van der Waals surface area contributed by atoms with Crippen LogP contribution in [0.4, 0.5) is 4.39 Å². The zero-order valence-electron chi connectivity index (χ0n) is 11.1. The molecule has 0 aliphatic carbocycles. The van der Waals surface area contributed by atoms with E-state index in [1.54, 1.807) is 12.1 Å². The Labute approximate surface area is 113 Å². The molecule has 1 nitrogen and oxygen atoms in total. The second-order valence-electron chi connectivity index (χ2n) is 5.09. The maximum absolute atomic E-state index is 13.0. The summed E-state index contributed by atoms with van der Waals surface area (Å²) in [6, 6.07) is 18.3. The van der Waals surface area contributed by atoms with Crippen LogP contribution in [0.15, 0.2) is 54.6 Å². The minimum Gasteiger partial charge on any atom is -0.286 e. The van der Waals surface area contributed by atoms with Crippen LogP contribution in [0.3, 0.4) is 0 Å². The molecule has 98 valence electrons. The van der Waals surface area contributed by atoms with Gasteiger partial charge in [-0.05, 0) is 36.2 Å². The Kier molecular flexibility index (Phi) is 3.34. The maximum Gasteiger partial charge on any atom is 0.123 e. The molecule has 0 radical (unpaired) electrons. The van der Waals surface area contributed by atoms with Gasteiger partial charge in [-0.15, -0.1) is 0 Å². The molecule has 2 aromatic carbocycles. The van der Waals surface area contributed by atoms with E-state index in [4.69, 9.17) is 0 Å². The van der Waals surface area contributed by atoms with Gasteiger partial charge in [-0.25, -0.2) is 4.39 Å². The molecule has 1 fully saturated rings. The van der Waals surface area contributed by atoms with E-state index in [0.29, 0.717) is 12.1 Å². The van der Waals surface area contributed by atoms with Crippen LogP contribution >= 0.6 is 0 Å². The van der Waals surface area contributed by atoms with E-state index >= 15 is 0 Å². The van der Waals surface area contributed by atoms with Gasteiger partial charge < -0.3 is 0 Å². The Morgan fingerprint density at radius 2 is 1.47 bits per heavy atom. The average molecular weight is 255 g/mol. The molecule has 3 rings (SSSR count). The van der Waals surface area contributed by atoms with E-state index in [2.05, 4.69) is 36.1 Å². The van der Waals surface area contributed by atoms with E-state index in [0.717, 1.165) is 13.0 Å². The smallest absolute Gasteiger partial charge is 0.123 e. The second kappa shape index (κ2) is 5.14. The predicted octanol–water partition coefficient (Wildman–Crippen LogP) is 4.33. The number of rotatable bonds is 4. The molecule has 1 heterocycles. The van der Waals surface area contributed by atoms with Crippen molar-refractivity contribution in [1.29, 1.82) is 0 Å². The molecule has 0 aromatic heterocycles. The van der Waals surface area contributed by atoms with Crippen LogP contribution in [0, 0.1) is 5.82 Å². The first-order chi connectivity index (χ1) is 9.31. The molecular weight excluding hydrogens is 237 g/mol. The largest absolute Gasteiger partial charge is 0.286 e. The number of benzene rings is 2. The van der Waals surface area contributed by atoms with E-state index in [-0.39, 0.29) is 5.82 Å². The Morgan fingerprint density at radius 3 is 2.05 bits per heavy atom. The van der Waals surface area contributed by atoms with Crippen LogP contribution in [0.1, 0.15) is 36.6 Å². The van der Waals surface area contributed by atoms with Crippen molar-refractivity contribution in [3.63, 3.8) is 0 Å². The van der Waals surface area contributed by atoms with Crippen molar-refractivity contribution >= 4 is 0 Å². The third kappa shape index (κ3) is 2.41. The standard InChI is InChI=1S/C17H18FN/c1-2-12-19-16(13-6-4-3-5-7-13)17(19)14-8-10-15(18)11-9-14/h3-11,16-17H,2,12H2,1H3/t16-,17-,19?/m0/s1. The summed E-state index contributed by atoms with van der Waals surface area (Å²) in [6.07, 6.45) is 1.14. The highest BCUT2D eigenvalue weighted by Crippen LogP contribution is 2.54. The summed E-state index contributed by atoms with van der Waals surface area (Å²) >= 11 is 0. The van der Waals surface area contributed by atoms with E-state index < -0.39 is 0 Å². The van der Waals surface area contributed by atoms with Crippen molar-refractivity contribution in [3.8, 4) is 0 Å². The molecular formula is C17H18FN. The lowest BCUT2D eigenvalue weighted by Crippen LogP contribution is -2.00. The van der Waals surface area contributed by atoms with Gasteiger partial charge >= 0.3 is 0 Å². The Bertz CT molecular complexity index is 535. The lowest BCUT2D eigenvalue weighted by atomic mass is 10.0. The van der Waals surface area contributed by atoms with Crippen LogP contribution in [-0.2, 0) is 0 Å². The van der Waals surface area contributed by atoms with Gasteiger partial charge in [0.1, 0.15) is 5.82 Å². The van der Waals surface area contributed by atoms with Crippen LogP contribution < -0.4 is 0 Å². The van der Waals surface area contributed by atoms with Crippen molar-refractivity contribution in [2.24, 2.45) is 0 Å². The van der Waals surface area contributed by atoms with Crippen LogP contribution in [0.2, 0.25) is 0 Å². The first kappa shape index (κ1) is 12.4. The molecule has 19 heavy (non-hydrogen) atoms. The fraction of sp³-hybridized carbons (Fsp3) is 0.294. The highest BCUT2D eigenvalue weighted by molar-refractivity contribution is 5.34. The summed E-state index contributed by atoms with van der Waals surface area (Å²) in [7, 11) is 0. The van der Waals surface area contributed by atoms with Crippen molar-refractivity contribution in [1.82, 2.24) is 4.90 Å². The quantitative estimate of drug-likeness (QED) is 0.735. The van der Waals surface area contributed by atoms with Gasteiger partial charge in [-0.3, -0.25) is 4.90 Å². The Morgan fingerprint density at radius 1 is 0.895 bits per heavy atom. The number of hydrogen-bond acceptors (Lipinski definition) is 1. The molecule has 0 saturated carbocycles. The minimum absolute atomic E-state index is 0.164. The fourth-order valence-corrected chi connectivity index (χ4v) is 2.87. The van der Waals surface area contributed by atoms with Gasteiger partial charge in [0.25, 0.3) is 0 Å². The lowest BCUT2D eigenvalue weighted by molar-refractivity contribution is 0.481. The van der Waals surface area contributed by atoms with Gasteiger partial charge in [0.15, 0.2) is 0 Å². The summed E-state index contributed by atoms with van der Waals surface area (Å²) in [5.74, 6) is -0.164. The molecule has 0 spiro atoms. The first-order valence-corrected chi connectivity index (χ1v) is 6.87. The van der Waals surface area contributed by atoms with Crippen molar-refractivity contribution in [2.75, 3.05) is 6.54 Å². The first-order valence-electron chi connectivity index (χ1n) is 6.87. The summed E-state index contributed by atoms with van der Waals surface area (Å²) in [5.41, 5.74) is 2.56. The van der Waals surface area contributed by atoms with Crippen LogP contribution in [0.25, 0.3) is 0 Å². The van der Waals surface area contributed by atoms with E-state index in [1.807, 2.05) is 18.2 Å². The topological polar surface area (TPSA) is 3.01 Å². The second-order valence-corrected chi connectivity index (χ2v) is 5.09. The number of halogens is 1. The van der Waals surface area contributed by atoms with Gasteiger partial charge in [0.05, 0.1) is 12.1 Å². The third-order valence-corrected chi connectivity index (χ3v) is 3.76. The maximum atomic E-state index is 13.0. The zero-order chi connectivity index (χ0) is 13.2. The zero-order valence-corrected chi connectivity index (χ0v) is 11.1. The normalized spacial score (nSPS) is 25.3. The summed E-state index contributed by atoms with van der Waals surface area (Å²) < 4.78 is 13.0. The van der Waals surface area contributed by atoms with Crippen molar-refractivity contribution in [2.45, 2.75) is 25.4 Å². The molecule has 3 atom stereocenters. The van der Waals surface area contributed by atoms with Gasteiger partial charge in [0.2, 0.25) is 0 Å². The molecule has 1 unspecified atom stereocenters. The molecule has 1 saturated heterocycles. The SMILES string of the molecule is CCCN1[C@@H](c2ccccc2)[C@@H]1c1ccc(F)cc1. The third-order valence-electron chi connectivity index (χ3n) is 3.76. The Hall–Kier alpha value is -1.67. The van der Waals surface area contributed by atoms with Gasteiger partial charge in [-0.2, -0.15) is 0 Å². The minimum atomic E-state index is -0.164. The molecule has 0 N–H and O–H groups in total. The van der Waals surface area contributed by atoms with Crippen molar-refractivity contribution < 1.29 is 4.39 Å². The molecule has 2 aromatic rings. The van der Waals surface area contributed by atoms with Gasteiger partial charge in [-0.1, -0.05) is 49.4 Å². The fourth-order valence-electron chi connectivity index (χ4n) is 2.87. The van der Waals surface area contributed by atoms with E-state index in [9.17, 15) is 4.39 Å². The predicted molar refractivity (Wildman–Crippen MR) is 75.3 cm³/mol. The Balaban J connectivity index is 1.86. The molecule has 1 aliphatic rings. The number of hydrogen-bond donors (Lipinski definition) is 0. The number of nitrogens with zero attached hydrogens (tertiary/aromatic N) is 1. The van der Waals surface area contributed by atoms with Gasteiger partial charge in [0, 0.05) is 0 Å². The molecule has 1 aliphatic heterocycles. The highest BCUT2D eigenvalue weighted by Gasteiger charge is 2.48. The lowest BCUT2D eigenvalue weighted by Gasteiger charge is -2.01. The summed E-state index contributed by atoms with van der Waals surface area (Å²) in [4.78, 5) is 2.47. The van der Waals surface area contributed by atoms with E-state index in [1.165, 1.54) is 11.1 Å². The summed E-state index contributed by atoms with van der Waals surface area (Å²) in [5, 5.41) is 0. The molecule has 0 amide bonds. The van der Waals surface area contributed by atoms with Crippen LogP contribution in [0.5, 0.6) is 0 Å². The molecule has 2 heteroatoms. The monoisotopic (exact) mass is 255 g/mol. The summed E-state index contributed by atoms with van der Waals surface area (Å²) in [6.45, 7) is 3.28. The average Bonchev–Trinajstić information content (AvgIpc) is 3.15. The van der Waals surface area contributed by atoms with Crippen molar-refractivity contribution in [3.05, 3.63) is 71.5 Å².